The summed E-state index contributed by atoms with van der Waals surface area (Å²) >= 11 is 6.33. The van der Waals surface area contributed by atoms with Crippen LogP contribution in [0.5, 0.6) is 5.75 Å². The van der Waals surface area contributed by atoms with Crippen molar-refractivity contribution in [1.82, 2.24) is 14.0 Å². The van der Waals surface area contributed by atoms with Crippen molar-refractivity contribution in [1.29, 1.82) is 0 Å². The Morgan fingerprint density at radius 1 is 1.09 bits per heavy atom. The fourth-order valence-corrected chi connectivity index (χ4v) is 8.20. The molecule has 1 aromatic heterocycles. The van der Waals surface area contributed by atoms with Crippen LogP contribution in [0.25, 0.3) is 0 Å². The number of amides is 1. The Morgan fingerprint density at radius 3 is 2.74 bits per heavy atom. The number of aliphatic hydroxyl groups excluding tert-OH is 1. The molecule has 2 N–H and O–H groups in total. The first kappa shape index (κ1) is 32.5. The number of hydrogen-bond acceptors (Lipinski definition) is 7. The summed E-state index contributed by atoms with van der Waals surface area (Å²) in [6.07, 6.45) is 9.63. The van der Waals surface area contributed by atoms with Gasteiger partial charge in [-0.1, -0.05) is 35.9 Å². The molecule has 2 unspecified atom stereocenters. The van der Waals surface area contributed by atoms with Gasteiger partial charge < -0.3 is 14.7 Å². The molecule has 46 heavy (non-hydrogen) atoms. The molecule has 6 rings (SSSR count). The highest BCUT2D eigenvalue weighted by atomic mass is 35.5. The molecule has 4 atom stereocenters. The van der Waals surface area contributed by atoms with Gasteiger partial charge in [-0.15, -0.1) is 0 Å². The molecular weight excluding hydrogens is 624 g/mol. The average Bonchev–Trinajstić information content (AvgIpc) is 3.04. The van der Waals surface area contributed by atoms with E-state index >= 15 is 0 Å². The molecule has 0 saturated heterocycles. The van der Waals surface area contributed by atoms with E-state index in [0.717, 1.165) is 55.5 Å². The van der Waals surface area contributed by atoms with Crippen LogP contribution in [-0.2, 0) is 29.8 Å². The number of halogens is 1. The van der Waals surface area contributed by atoms with Crippen molar-refractivity contribution >= 4 is 33.4 Å². The largest absolute Gasteiger partial charge is 0.487 e. The molecule has 9 nitrogen and oxygen atoms in total. The van der Waals surface area contributed by atoms with Crippen molar-refractivity contribution in [2.24, 2.45) is 11.8 Å². The maximum absolute atomic E-state index is 13.8. The number of aromatic nitrogens is 1. The molecule has 2 aliphatic heterocycles. The van der Waals surface area contributed by atoms with Gasteiger partial charge in [-0.3, -0.25) is 9.78 Å². The molecule has 1 amide bonds. The summed E-state index contributed by atoms with van der Waals surface area (Å²) in [5.41, 5.74) is 3.74. The third-order valence-electron chi connectivity index (χ3n) is 9.48. The van der Waals surface area contributed by atoms with Crippen molar-refractivity contribution in [3.8, 4) is 5.75 Å². The highest BCUT2D eigenvalue weighted by Crippen LogP contribution is 2.41. The summed E-state index contributed by atoms with van der Waals surface area (Å²) in [5, 5.41) is 11.9. The second-order valence-corrected chi connectivity index (χ2v) is 14.7. The number of anilines is 1. The Labute approximate surface area is 276 Å². The molecule has 3 aliphatic rings. The summed E-state index contributed by atoms with van der Waals surface area (Å²) in [5.74, 6) is 0.255. The van der Waals surface area contributed by atoms with Gasteiger partial charge in [-0.05, 0) is 111 Å². The Kier molecular flexibility index (Phi) is 9.98. The molecule has 1 saturated carbocycles. The number of fused-ring (bicyclic) bond motifs is 3. The zero-order chi connectivity index (χ0) is 32.3. The van der Waals surface area contributed by atoms with Crippen LogP contribution in [0, 0.1) is 11.8 Å². The van der Waals surface area contributed by atoms with Crippen molar-refractivity contribution in [3.05, 3.63) is 100 Å². The lowest BCUT2D eigenvalue weighted by Crippen LogP contribution is -2.47. The second kappa shape index (κ2) is 14.1. The fraction of sp³-hybridized carbons (Fsp3) is 0.429. The first-order valence-corrected chi connectivity index (χ1v) is 17.9. The summed E-state index contributed by atoms with van der Waals surface area (Å²) < 4.78 is 37.6. The third-order valence-corrected chi connectivity index (χ3v) is 11.3. The van der Waals surface area contributed by atoms with Crippen molar-refractivity contribution < 1.29 is 23.1 Å². The van der Waals surface area contributed by atoms with Gasteiger partial charge in [0.25, 0.3) is 5.91 Å². The molecule has 0 radical (unpaired) electrons. The molecule has 2 aromatic carbocycles. The molecule has 0 spiro atoms. The second-order valence-electron chi connectivity index (χ2n) is 12.6. The van der Waals surface area contributed by atoms with E-state index in [1.807, 2.05) is 24.3 Å². The van der Waals surface area contributed by atoms with E-state index in [0.29, 0.717) is 36.0 Å². The zero-order valence-corrected chi connectivity index (χ0v) is 27.6. The van der Waals surface area contributed by atoms with Gasteiger partial charge in [0.05, 0.1) is 24.0 Å². The van der Waals surface area contributed by atoms with Crippen LogP contribution in [0.4, 0.5) is 5.69 Å². The van der Waals surface area contributed by atoms with Crippen LogP contribution in [0.15, 0.2) is 72.9 Å². The van der Waals surface area contributed by atoms with Crippen LogP contribution in [0.1, 0.15) is 66.2 Å². The lowest BCUT2D eigenvalue weighted by Gasteiger charge is -2.42. The topological polar surface area (TPSA) is 112 Å². The molecule has 1 fully saturated rings. The SMILES string of the molecule is C[C@H]1C/C=C\[C@H](O)C2CCC2CN2CCCCc3cc(Cl)ccc3COc3ccc(cc32)C(=O)NS(=O)(=O)N1Cc1ccccn1. The summed E-state index contributed by atoms with van der Waals surface area (Å²) in [6.45, 7) is 3.54. The van der Waals surface area contributed by atoms with Gasteiger partial charge in [-0.2, -0.15) is 12.7 Å². The Balaban J connectivity index is 1.38. The lowest BCUT2D eigenvalue weighted by molar-refractivity contribution is 0.0461. The maximum atomic E-state index is 13.8. The predicted octanol–water partition coefficient (Wildman–Crippen LogP) is 5.67. The zero-order valence-electron chi connectivity index (χ0n) is 26.0. The van der Waals surface area contributed by atoms with Gasteiger partial charge in [0, 0.05) is 35.9 Å². The van der Waals surface area contributed by atoms with Gasteiger partial charge in [-0.25, -0.2) is 4.72 Å². The summed E-state index contributed by atoms with van der Waals surface area (Å²) in [6, 6.07) is 15.8. The number of aliphatic hydroxyl groups is 1. The molecule has 244 valence electrons. The summed E-state index contributed by atoms with van der Waals surface area (Å²) in [4.78, 5) is 20.2. The van der Waals surface area contributed by atoms with Crippen LogP contribution < -0.4 is 14.4 Å². The number of benzene rings is 2. The average molecular weight is 665 g/mol. The third kappa shape index (κ3) is 7.41. The highest BCUT2D eigenvalue weighted by Gasteiger charge is 2.37. The lowest BCUT2D eigenvalue weighted by atomic mass is 9.70. The van der Waals surface area contributed by atoms with Crippen LogP contribution in [-0.4, -0.2) is 54.0 Å². The monoisotopic (exact) mass is 664 g/mol. The van der Waals surface area contributed by atoms with Gasteiger partial charge in [0.15, 0.2) is 0 Å². The number of rotatable bonds is 2. The van der Waals surface area contributed by atoms with Gasteiger partial charge in [0.2, 0.25) is 0 Å². The van der Waals surface area contributed by atoms with Crippen molar-refractivity contribution in [2.45, 2.75) is 70.7 Å². The highest BCUT2D eigenvalue weighted by molar-refractivity contribution is 7.87. The minimum absolute atomic E-state index is 0.00972. The quantitative estimate of drug-likeness (QED) is 0.340. The van der Waals surface area contributed by atoms with E-state index in [-0.39, 0.29) is 23.9 Å². The molecule has 2 bridgehead atoms. The number of carbonyl (C=O) groups excluding carboxylic acids is 1. The van der Waals surface area contributed by atoms with Gasteiger partial charge >= 0.3 is 10.2 Å². The Hall–Kier alpha value is -3.44. The maximum Gasteiger partial charge on any atom is 0.304 e. The van der Waals surface area contributed by atoms with Gasteiger partial charge in [0.1, 0.15) is 12.4 Å². The van der Waals surface area contributed by atoms with Crippen LogP contribution in [0.3, 0.4) is 0 Å². The molecular formula is C35H41ClN4O5S. The number of hydrogen-bond donors (Lipinski definition) is 2. The number of ether oxygens (including phenoxy) is 1. The number of carbonyl (C=O) groups is 1. The Bertz CT molecular complexity index is 1690. The van der Waals surface area contributed by atoms with E-state index in [4.69, 9.17) is 16.3 Å². The number of aryl methyl sites for hydroxylation is 1. The van der Waals surface area contributed by atoms with E-state index in [1.165, 1.54) is 4.31 Å². The fourth-order valence-electron chi connectivity index (χ4n) is 6.67. The smallest absolute Gasteiger partial charge is 0.304 e. The predicted molar refractivity (Wildman–Crippen MR) is 179 cm³/mol. The Morgan fingerprint density at radius 2 is 1.96 bits per heavy atom. The van der Waals surface area contributed by atoms with Crippen molar-refractivity contribution in [2.75, 3.05) is 18.0 Å². The molecule has 11 heteroatoms. The summed E-state index contributed by atoms with van der Waals surface area (Å²) in [7, 11) is -4.28. The van der Waals surface area contributed by atoms with E-state index < -0.39 is 28.3 Å². The number of nitrogens with zero attached hydrogens (tertiary/aromatic N) is 3. The molecule has 3 heterocycles. The molecule has 3 aromatic rings. The van der Waals surface area contributed by atoms with Crippen LogP contribution >= 0.6 is 11.6 Å². The normalized spacial score (nSPS) is 26.2. The van der Waals surface area contributed by atoms with E-state index in [1.54, 1.807) is 55.6 Å². The standard InChI is InChI=1S/C35H41ClN4O5S/c1-24-7-6-10-33(41)31-15-12-27(31)21-39-18-5-3-8-25-19-29(36)14-11-28(25)23-45-34-16-13-26(20-32(34)39)35(42)38-46(43,44)40(24)22-30-9-2-4-17-37-30/h2,4,6,9-11,13-14,16-17,19-20,24,27,31,33,41H,3,5,7-8,12,15,18,21-23H2,1H3,(H,38,42)/b10-6-/t24-,27?,31?,33-/m0/s1. The van der Waals surface area contributed by atoms with Crippen molar-refractivity contribution in [3.63, 3.8) is 0 Å². The minimum atomic E-state index is -4.28. The number of pyridine rings is 1. The first-order chi connectivity index (χ1) is 22.2. The van der Waals surface area contributed by atoms with Crippen LogP contribution in [0.2, 0.25) is 5.02 Å². The molecule has 1 aliphatic carbocycles. The first-order valence-electron chi connectivity index (χ1n) is 16.1. The van der Waals surface area contributed by atoms with E-state index in [9.17, 15) is 18.3 Å². The number of nitrogens with one attached hydrogen (secondary N) is 1. The minimum Gasteiger partial charge on any atom is -0.487 e. The van der Waals surface area contributed by atoms with E-state index in [2.05, 4.69) is 14.6 Å².